The molecule has 8 heteroatoms. The molecule has 0 saturated heterocycles. The van der Waals surface area contributed by atoms with Crippen LogP contribution < -0.4 is 4.72 Å². The van der Waals surface area contributed by atoms with Gasteiger partial charge >= 0.3 is 0 Å². The van der Waals surface area contributed by atoms with Crippen molar-refractivity contribution in [2.45, 2.75) is 11.8 Å². The molecule has 1 N–H and O–H groups in total. The van der Waals surface area contributed by atoms with Crippen molar-refractivity contribution in [1.29, 1.82) is 5.26 Å². The molecule has 0 aliphatic carbocycles. The first-order valence-electron chi connectivity index (χ1n) is 5.34. The van der Waals surface area contributed by atoms with Gasteiger partial charge in [0.15, 0.2) is 0 Å². The van der Waals surface area contributed by atoms with Gasteiger partial charge in [0, 0.05) is 12.8 Å². The second-order valence-electron chi connectivity index (χ2n) is 4.12. The summed E-state index contributed by atoms with van der Waals surface area (Å²) in [5.41, 5.74) is 0.722. The van der Waals surface area contributed by atoms with Crippen LogP contribution in [0.1, 0.15) is 11.1 Å². The Balaban J connectivity index is 2.98. The molecule has 1 aromatic carbocycles. The average Bonchev–Trinajstić information content (AvgIpc) is 2.27. The molecule has 6 nitrogen and oxygen atoms in total. The molecule has 0 aliphatic heterocycles. The lowest BCUT2D eigenvalue weighted by Crippen LogP contribution is -2.29. The molecule has 0 spiro atoms. The topological polar surface area (TPSA) is 104 Å². The maximum absolute atomic E-state index is 12.0. The van der Waals surface area contributed by atoms with Crippen molar-refractivity contribution >= 4 is 19.9 Å². The minimum absolute atomic E-state index is 0.0138. The standard InChI is InChI=1S/C11H14N2O4S2/c1-9-3-4-10(8-12)7-11(9)19(16,17)13-5-6-18(2,14)15/h3-4,7,13H,5-6H2,1-2H3. The average molecular weight is 302 g/mol. The molecular formula is C11H14N2O4S2. The zero-order valence-corrected chi connectivity index (χ0v) is 12.2. The second-order valence-corrected chi connectivity index (χ2v) is 8.11. The summed E-state index contributed by atoms with van der Waals surface area (Å²) in [4.78, 5) is -0.0138. The van der Waals surface area contributed by atoms with Crippen LogP contribution >= 0.6 is 0 Å². The van der Waals surface area contributed by atoms with E-state index in [-0.39, 0.29) is 22.8 Å². The molecule has 0 fully saturated rings. The summed E-state index contributed by atoms with van der Waals surface area (Å²) < 4.78 is 48.1. The van der Waals surface area contributed by atoms with E-state index in [1.54, 1.807) is 6.92 Å². The Morgan fingerprint density at radius 2 is 1.89 bits per heavy atom. The van der Waals surface area contributed by atoms with Gasteiger partial charge in [0.1, 0.15) is 9.84 Å². The molecule has 0 atom stereocenters. The highest BCUT2D eigenvalue weighted by Gasteiger charge is 2.17. The highest BCUT2D eigenvalue weighted by Crippen LogP contribution is 2.16. The van der Waals surface area contributed by atoms with Gasteiger partial charge < -0.3 is 0 Å². The van der Waals surface area contributed by atoms with Gasteiger partial charge in [-0.25, -0.2) is 21.6 Å². The monoisotopic (exact) mass is 302 g/mol. The molecule has 0 unspecified atom stereocenters. The van der Waals surface area contributed by atoms with Crippen LogP contribution in [0, 0.1) is 18.3 Å². The highest BCUT2D eigenvalue weighted by molar-refractivity contribution is 7.91. The number of sulfonamides is 1. The van der Waals surface area contributed by atoms with E-state index in [4.69, 9.17) is 5.26 Å². The summed E-state index contributed by atoms with van der Waals surface area (Å²) in [6.07, 6.45) is 1.03. The molecule has 0 heterocycles. The molecule has 104 valence electrons. The molecule has 0 radical (unpaired) electrons. The first-order valence-corrected chi connectivity index (χ1v) is 8.88. The first-order chi connectivity index (χ1) is 8.65. The lowest BCUT2D eigenvalue weighted by molar-refractivity contribution is 0.581. The zero-order chi connectivity index (χ0) is 14.7. The molecule has 19 heavy (non-hydrogen) atoms. The van der Waals surface area contributed by atoms with Gasteiger partial charge in [-0.2, -0.15) is 5.26 Å². The number of nitrogens with zero attached hydrogens (tertiary/aromatic N) is 1. The van der Waals surface area contributed by atoms with Crippen molar-refractivity contribution in [3.63, 3.8) is 0 Å². The summed E-state index contributed by atoms with van der Waals surface area (Å²) in [6, 6.07) is 6.17. The molecule has 0 bridgehead atoms. The quantitative estimate of drug-likeness (QED) is 0.836. The van der Waals surface area contributed by atoms with E-state index < -0.39 is 19.9 Å². The molecule has 0 aliphatic rings. The van der Waals surface area contributed by atoms with Gasteiger partial charge in [0.25, 0.3) is 0 Å². The van der Waals surface area contributed by atoms with Crippen molar-refractivity contribution in [3.8, 4) is 6.07 Å². The van der Waals surface area contributed by atoms with Crippen LogP contribution in [-0.2, 0) is 19.9 Å². The fraction of sp³-hybridized carbons (Fsp3) is 0.364. The summed E-state index contributed by atoms with van der Waals surface area (Å²) in [7, 11) is -7.04. The molecule has 1 rings (SSSR count). The van der Waals surface area contributed by atoms with Gasteiger partial charge in [-0.05, 0) is 24.6 Å². The SMILES string of the molecule is Cc1ccc(C#N)cc1S(=O)(=O)NCCS(C)(=O)=O. The minimum Gasteiger partial charge on any atom is -0.229 e. The Kier molecular flexibility index (Phi) is 4.68. The van der Waals surface area contributed by atoms with E-state index >= 15 is 0 Å². The highest BCUT2D eigenvalue weighted by atomic mass is 32.2. The van der Waals surface area contributed by atoms with Gasteiger partial charge in [-0.1, -0.05) is 6.07 Å². The number of nitrogens with one attached hydrogen (secondary N) is 1. The van der Waals surface area contributed by atoms with Crippen molar-refractivity contribution in [3.05, 3.63) is 29.3 Å². The van der Waals surface area contributed by atoms with Gasteiger partial charge in [0.2, 0.25) is 10.0 Å². The fourth-order valence-corrected chi connectivity index (χ4v) is 3.30. The number of hydrogen-bond donors (Lipinski definition) is 1. The number of sulfone groups is 1. The van der Waals surface area contributed by atoms with Crippen LogP contribution in [-0.4, -0.2) is 35.4 Å². The largest absolute Gasteiger partial charge is 0.240 e. The third-order valence-electron chi connectivity index (χ3n) is 2.37. The normalized spacial score (nSPS) is 12.1. The van der Waals surface area contributed by atoms with Gasteiger partial charge in [-0.15, -0.1) is 0 Å². The van der Waals surface area contributed by atoms with Crippen LogP contribution in [0.4, 0.5) is 0 Å². The van der Waals surface area contributed by atoms with E-state index in [0.29, 0.717) is 5.56 Å². The predicted molar refractivity (Wildman–Crippen MR) is 70.8 cm³/mol. The van der Waals surface area contributed by atoms with Crippen LogP contribution in [0.5, 0.6) is 0 Å². The number of aryl methyl sites for hydroxylation is 1. The number of benzene rings is 1. The Bertz CT molecular complexity index is 716. The van der Waals surface area contributed by atoms with E-state index in [0.717, 1.165) is 6.26 Å². The summed E-state index contributed by atoms with van der Waals surface area (Å²) in [6.45, 7) is 1.41. The number of nitriles is 1. The maximum atomic E-state index is 12.0. The molecule has 0 amide bonds. The third kappa shape index (κ3) is 4.63. The Hall–Kier alpha value is -1.43. The molecule has 0 saturated carbocycles. The van der Waals surface area contributed by atoms with Gasteiger partial charge in [-0.3, -0.25) is 0 Å². The molecule has 1 aromatic rings. The van der Waals surface area contributed by atoms with E-state index in [1.165, 1.54) is 18.2 Å². The van der Waals surface area contributed by atoms with E-state index in [2.05, 4.69) is 4.72 Å². The predicted octanol–water partition coefficient (Wildman–Crippen LogP) is 0.190. The summed E-state index contributed by atoms with van der Waals surface area (Å²) >= 11 is 0. The molecular weight excluding hydrogens is 288 g/mol. The van der Waals surface area contributed by atoms with E-state index in [9.17, 15) is 16.8 Å². The van der Waals surface area contributed by atoms with Crippen LogP contribution in [0.2, 0.25) is 0 Å². The van der Waals surface area contributed by atoms with Crippen molar-refractivity contribution in [1.82, 2.24) is 4.72 Å². The first kappa shape index (κ1) is 15.6. The van der Waals surface area contributed by atoms with Crippen molar-refractivity contribution in [2.75, 3.05) is 18.6 Å². The number of rotatable bonds is 5. The van der Waals surface area contributed by atoms with E-state index in [1.807, 2.05) is 6.07 Å². The van der Waals surface area contributed by atoms with Crippen molar-refractivity contribution < 1.29 is 16.8 Å². The lowest BCUT2D eigenvalue weighted by Gasteiger charge is -2.09. The Morgan fingerprint density at radius 1 is 1.26 bits per heavy atom. The van der Waals surface area contributed by atoms with Crippen LogP contribution in [0.15, 0.2) is 23.1 Å². The zero-order valence-electron chi connectivity index (χ0n) is 10.5. The molecule has 0 aromatic heterocycles. The van der Waals surface area contributed by atoms with Crippen LogP contribution in [0.25, 0.3) is 0 Å². The third-order valence-corrected chi connectivity index (χ3v) is 4.92. The summed E-state index contributed by atoms with van der Waals surface area (Å²) in [5, 5.41) is 8.76. The maximum Gasteiger partial charge on any atom is 0.240 e. The van der Waals surface area contributed by atoms with Gasteiger partial charge in [0.05, 0.1) is 22.3 Å². The minimum atomic E-state index is -3.81. The lowest BCUT2D eigenvalue weighted by atomic mass is 10.2. The summed E-state index contributed by atoms with van der Waals surface area (Å²) in [5.74, 6) is -0.275. The van der Waals surface area contributed by atoms with Crippen LogP contribution in [0.3, 0.4) is 0 Å². The Labute approximate surface area is 113 Å². The Morgan fingerprint density at radius 3 is 2.42 bits per heavy atom. The smallest absolute Gasteiger partial charge is 0.229 e. The second kappa shape index (κ2) is 5.69. The van der Waals surface area contributed by atoms with Crippen molar-refractivity contribution in [2.24, 2.45) is 0 Å². The fourth-order valence-electron chi connectivity index (χ4n) is 1.40. The number of hydrogen-bond acceptors (Lipinski definition) is 5.